The molecule has 178 valence electrons. The molecule has 0 spiro atoms. The highest BCUT2D eigenvalue weighted by Crippen LogP contribution is 2.23. The lowest BCUT2D eigenvalue weighted by atomic mass is 10.1. The third-order valence-electron chi connectivity index (χ3n) is 5.02. The van der Waals surface area contributed by atoms with Crippen molar-refractivity contribution < 1.29 is 22.7 Å². The van der Waals surface area contributed by atoms with Crippen LogP contribution in [0.2, 0.25) is 0 Å². The van der Waals surface area contributed by atoms with Crippen molar-refractivity contribution in [1.82, 2.24) is 5.32 Å². The van der Waals surface area contributed by atoms with Gasteiger partial charge in [-0.25, -0.2) is 8.42 Å². The number of ether oxygens (including phenoxy) is 1. The topological polar surface area (TPSA) is 105 Å². The van der Waals surface area contributed by atoms with Crippen LogP contribution in [0.15, 0.2) is 78.9 Å². The lowest BCUT2D eigenvalue weighted by molar-refractivity contribution is -0.114. The smallest absolute Gasteiger partial charge is 0.253 e. The van der Waals surface area contributed by atoms with E-state index in [1.54, 1.807) is 42.5 Å². The molecular weight excluding hydrogens is 454 g/mol. The number of hydrogen-bond acceptors (Lipinski definition) is 5. The average molecular weight is 482 g/mol. The van der Waals surface area contributed by atoms with Gasteiger partial charge in [-0.1, -0.05) is 48.5 Å². The number of amides is 2. The predicted molar refractivity (Wildman–Crippen MR) is 133 cm³/mol. The molecule has 0 saturated carbocycles. The van der Waals surface area contributed by atoms with Gasteiger partial charge in [0.1, 0.15) is 12.3 Å². The van der Waals surface area contributed by atoms with Crippen LogP contribution in [0.5, 0.6) is 5.75 Å². The van der Waals surface area contributed by atoms with Gasteiger partial charge in [0.25, 0.3) is 5.91 Å². The second-order valence-electron chi connectivity index (χ2n) is 7.56. The number of anilines is 2. The SMILES string of the molecule is COc1cccc(N(CC(=O)Nc2ccccc2C(=O)NCCc2ccccc2)S(C)(=O)=O)c1. The summed E-state index contributed by atoms with van der Waals surface area (Å²) in [5.41, 5.74) is 1.98. The van der Waals surface area contributed by atoms with Gasteiger partial charge in [-0.15, -0.1) is 0 Å². The standard InChI is InChI=1S/C25H27N3O5S/c1-33-21-12-8-11-20(17-21)28(34(2,31)32)18-24(29)27-23-14-7-6-13-22(23)25(30)26-16-15-19-9-4-3-5-10-19/h3-14,17H,15-16,18H2,1-2H3,(H,26,30)(H,27,29). The Kier molecular flexibility index (Phi) is 8.26. The van der Waals surface area contributed by atoms with Gasteiger partial charge in [0.05, 0.1) is 30.3 Å². The largest absolute Gasteiger partial charge is 0.497 e. The first-order chi connectivity index (χ1) is 16.3. The van der Waals surface area contributed by atoms with Gasteiger partial charge < -0.3 is 15.4 Å². The van der Waals surface area contributed by atoms with E-state index in [4.69, 9.17) is 4.74 Å². The fourth-order valence-corrected chi connectivity index (χ4v) is 4.18. The molecule has 0 radical (unpaired) electrons. The van der Waals surface area contributed by atoms with Gasteiger partial charge in [-0.3, -0.25) is 13.9 Å². The number of sulfonamides is 1. The Hall–Kier alpha value is -3.85. The number of rotatable bonds is 10. The Morgan fingerprint density at radius 2 is 1.65 bits per heavy atom. The summed E-state index contributed by atoms with van der Waals surface area (Å²) in [5, 5.41) is 5.52. The van der Waals surface area contributed by atoms with Crippen LogP contribution in [0, 0.1) is 0 Å². The summed E-state index contributed by atoms with van der Waals surface area (Å²) < 4.78 is 30.9. The van der Waals surface area contributed by atoms with Crippen LogP contribution in [0.3, 0.4) is 0 Å². The van der Waals surface area contributed by atoms with Crippen LogP contribution in [-0.4, -0.2) is 46.7 Å². The summed E-state index contributed by atoms with van der Waals surface area (Å²) in [6.07, 6.45) is 1.69. The third-order valence-corrected chi connectivity index (χ3v) is 6.16. The number of para-hydroxylation sites is 1. The van der Waals surface area contributed by atoms with E-state index < -0.39 is 22.5 Å². The fraction of sp³-hybridized carbons (Fsp3) is 0.200. The van der Waals surface area contributed by atoms with Crippen molar-refractivity contribution in [2.75, 3.05) is 36.1 Å². The lowest BCUT2D eigenvalue weighted by Gasteiger charge is -2.22. The van der Waals surface area contributed by atoms with Crippen molar-refractivity contribution in [2.24, 2.45) is 0 Å². The van der Waals surface area contributed by atoms with E-state index >= 15 is 0 Å². The lowest BCUT2D eigenvalue weighted by Crippen LogP contribution is -2.37. The Bertz CT molecular complexity index is 1250. The number of hydrogen-bond donors (Lipinski definition) is 2. The first-order valence-electron chi connectivity index (χ1n) is 10.6. The second kappa shape index (κ2) is 11.3. The Morgan fingerprint density at radius 3 is 2.35 bits per heavy atom. The van der Waals surface area contributed by atoms with Crippen molar-refractivity contribution in [3.63, 3.8) is 0 Å². The average Bonchev–Trinajstić information content (AvgIpc) is 2.83. The highest BCUT2D eigenvalue weighted by Gasteiger charge is 2.22. The van der Waals surface area contributed by atoms with Gasteiger partial charge in [-0.05, 0) is 36.2 Å². The van der Waals surface area contributed by atoms with E-state index in [0.717, 1.165) is 16.1 Å². The highest BCUT2D eigenvalue weighted by atomic mass is 32.2. The molecule has 3 rings (SSSR count). The van der Waals surface area contributed by atoms with Crippen LogP contribution in [-0.2, 0) is 21.2 Å². The van der Waals surface area contributed by atoms with E-state index in [1.807, 2.05) is 30.3 Å². The molecule has 3 aromatic rings. The number of nitrogens with one attached hydrogen (secondary N) is 2. The molecule has 0 aliphatic carbocycles. The van der Waals surface area contributed by atoms with Crippen molar-refractivity contribution in [3.8, 4) is 5.75 Å². The summed E-state index contributed by atoms with van der Waals surface area (Å²) in [5.74, 6) is -0.457. The minimum Gasteiger partial charge on any atom is -0.497 e. The molecule has 0 heterocycles. The number of carbonyl (C=O) groups is 2. The van der Waals surface area contributed by atoms with Crippen LogP contribution in [0.1, 0.15) is 15.9 Å². The monoisotopic (exact) mass is 481 g/mol. The molecule has 0 aliphatic heterocycles. The van der Waals surface area contributed by atoms with Crippen molar-refractivity contribution in [1.29, 1.82) is 0 Å². The first-order valence-corrected chi connectivity index (χ1v) is 12.5. The van der Waals surface area contributed by atoms with Crippen LogP contribution in [0.25, 0.3) is 0 Å². The van der Waals surface area contributed by atoms with Crippen molar-refractivity contribution in [3.05, 3.63) is 90.0 Å². The van der Waals surface area contributed by atoms with Gasteiger partial charge in [0.2, 0.25) is 15.9 Å². The van der Waals surface area contributed by atoms with Gasteiger partial charge in [0, 0.05) is 12.6 Å². The van der Waals surface area contributed by atoms with Gasteiger partial charge in [-0.2, -0.15) is 0 Å². The molecule has 0 fully saturated rings. The second-order valence-corrected chi connectivity index (χ2v) is 9.46. The van der Waals surface area contributed by atoms with Crippen molar-refractivity contribution in [2.45, 2.75) is 6.42 Å². The molecule has 0 aliphatic rings. The summed E-state index contributed by atoms with van der Waals surface area (Å²) in [6.45, 7) is -0.0290. The molecule has 2 amide bonds. The van der Waals surface area contributed by atoms with Crippen LogP contribution < -0.4 is 19.7 Å². The summed E-state index contributed by atoms with van der Waals surface area (Å²) in [4.78, 5) is 25.5. The number of carbonyl (C=O) groups excluding carboxylic acids is 2. The molecule has 0 bridgehead atoms. The first kappa shape index (κ1) is 24.8. The molecule has 0 unspecified atom stereocenters. The Balaban J connectivity index is 1.69. The number of nitrogens with zero attached hydrogens (tertiary/aromatic N) is 1. The summed E-state index contributed by atoms with van der Waals surface area (Å²) >= 11 is 0. The molecule has 3 aromatic carbocycles. The molecule has 34 heavy (non-hydrogen) atoms. The molecule has 0 atom stereocenters. The molecule has 8 nitrogen and oxygen atoms in total. The van der Waals surface area contributed by atoms with Crippen LogP contribution >= 0.6 is 0 Å². The maximum absolute atomic E-state index is 12.8. The minimum atomic E-state index is -3.76. The van der Waals surface area contributed by atoms with E-state index in [1.165, 1.54) is 13.2 Å². The third kappa shape index (κ3) is 6.82. The fourth-order valence-electron chi connectivity index (χ4n) is 3.34. The molecular formula is C25H27N3O5S. The Morgan fingerprint density at radius 1 is 0.941 bits per heavy atom. The summed E-state index contributed by atoms with van der Waals surface area (Å²) in [7, 11) is -2.29. The molecule has 0 saturated heterocycles. The Labute approximate surface area is 199 Å². The number of benzene rings is 3. The minimum absolute atomic E-state index is 0.288. The predicted octanol–water partition coefficient (Wildman–Crippen LogP) is 3.07. The van der Waals surface area contributed by atoms with E-state index in [0.29, 0.717) is 30.1 Å². The molecule has 2 N–H and O–H groups in total. The quantitative estimate of drug-likeness (QED) is 0.463. The van der Waals surface area contributed by atoms with Crippen LogP contribution in [0.4, 0.5) is 11.4 Å². The molecule has 9 heteroatoms. The normalized spacial score (nSPS) is 10.9. The number of methoxy groups -OCH3 is 1. The maximum atomic E-state index is 12.8. The zero-order valence-corrected chi connectivity index (χ0v) is 19.8. The maximum Gasteiger partial charge on any atom is 0.253 e. The highest BCUT2D eigenvalue weighted by molar-refractivity contribution is 7.92. The van der Waals surface area contributed by atoms with Gasteiger partial charge in [0.15, 0.2) is 0 Å². The summed E-state index contributed by atoms with van der Waals surface area (Å²) in [6, 6.07) is 22.8. The zero-order valence-electron chi connectivity index (χ0n) is 19.0. The van der Waals surface area contributed by atoms with Gasteiger partial charge >= 0.3 is 0 Å². The van der Waals surface area contributed by atoms with Crippen molar-refractivity contribution >= 4 is 33.2 Å². The van der Waals surface area contributed by atoms with E-state index in [9.17, 15) is 18.0 Å². The zero-order chi connectivity index (χ0) is 24.6. The molecule has 0 aromatic heterocycles. The van der Waals surface area contributed by atoms with E-state index in [2.05, 4.69) is 10.6 Å². The van der Waals surface area contributed by atoms with E-state index in [-0.39, 0.29) is 11.5 Å².